The predicted molar refractivity (Wildman–Crippen MR) is 83.6 cm³/mol. The molecule has 0 saturated heterocycles. The minimum atomic E-state index is -0.537. The lowest BCUT2D eigenvalue weighted by molar-refractivity contribution is -0.123. The van der Waals surface area contributed by atoms with Gasteiger partial charge in [0.25, 0.3) is 0 Å². The molecular formula is C15H25N5O3. The molecule has 1 fully saturated rings. The largest absolute Gasteiger partial charge is 0.444 e. The van der Waals surface area contributed by atoms with Crippen molar-refractivity contribution in [2.75, 3.05) is 0 Å². The number of hydrogen-bond acceptors (Lipinski definition) is 5. The zero-order valence-corrected chi connectivity index (χ0v) is 13.9. The summed E-state index contributed by atoms with van der Waals surface area (Å²) in [4.78, 5) is 27.8. The highest BCUT2D eigenvalue weighted by Crippen LogP contribution is 2.19. The third kappa shape index (κ3) is 5.88. The van der Waals surface area contributed by atoms with Gasteiger partial charge in [-0.3, -0.25) is 4.79 Å². The Kier molecular flexibility index (Phi) is 5.57. The Morgan fingerprint density at radius 1 is 1.22 bits per heavy atom. The molecule has 0 spiro atoms. The summed E-state index contributed by atoms with van der Waals surface area (Å²) in [5.74, 6) is -0.140. The van der Waals surface area contributed by atoms with Gasteiger partial charge in [0.1, 0.15) is 24.8 Å². The summed E-state index contributed by atoms with van der Waals surface area (Å²) >= 11 is 0. The van der Waals surface area contributed by atoms with Crippen LogP contribution in [0.5, 0.6) is 0 Å². The summed E-state index contributed by atoms with van der Waals surface area (Å²) in [5, 5.41) is 9.77. The number of aromatic nitrogens is 3. The van der Waals surface area contributed by atoms with Crippen molar-refractivity contribution >= 4 is 12.0 Å². The molecule has 0 aromatic carbocycles. The van der Waals surface area contributed by atoms with Crippen LogP contribution in [0.2, 0.25) is 0 Å². The molecule has 0 radical (unpaired) electrons. The maximum atomic E-state index is 12.1. The molecule has 8 heteroatoms. The molecule has 2 atom stereocenters. The molecule has 2 amide bonds. The summed E-state index contributed by atoms with van der Waals surface area (Å²) in [6, 6.07) is -0.203. The van der Waals surface area contributed by atoms with E-state index in [-0.39, 0.29) is 24.5 Å². The first kappa shape index (κ1) is 17.2. The second-order valence-corrected chi connectivity index (χ2v) is 6.80. The Hall–Kier alpha value is -2.12. The van der Waals surface area contributed by atoms with Crippen molar-refractivity contribution in [1.29, 1.82) is 0 Å². The Balaban J connectivity index is 1.87. The lowest BCUT2D eigenvalue weighted by Gasteiger charge is -2.33. The maximum Gasteiger partial charge on any atom is 0.407 e. The van der Waals surface area contributed by atoms with Gasteiger partial charge in [-0.15, -0.1) is 0 Å². The van der Waals surface area contributed by atoms with Gasteiger partial charge >= 0.3 is 6.09 Å². The maximum absolute atomic E-state index is 12.1. The molecule has 0 aliphatic heterocycles. The molecule has 1 saturated carbocycles. The fourth-order valence-corrected chi connectivity index (χ4v) is 2.65. The Bertz CT molecular complexity index is 524. The first-order valence-corrected chi connectivity index (χ1v) is 7.95. The summed E-state index contributed by atoms with van der Waals surface area (Å²) in [6.45, 7) is 5.59. The molecule has 1 aliphatic rings. The third-order valence-corrected chi connectivity index (χ3v) is 3.59. The average molecular weight is 323 g/mol. The highest BCUT2D eigenvalue weighted by Gasteiger charge is 2.29. The van der Waals surface area contributed by atoms with E-state index >= 15 is 0 Å². The van der Waals surface area contributed by atoms with Crippen LogP contribution >= 0.6 is 0 Å². The van der Waals surface area contributed by atoms with Gasteiger partial charge in [-0.05, 0) is 33.6 Å². The van der Waals surface area contributed by atoms with Gasteiger partial charge in [0.15, 0.2) is 0 Å². The first-order valence-electron chi connectivity index (χ1n) is 7.95. The van der Waals surface area contributed by atoms with E-state index in [1.54, 1.807) is 0 Å². The molecule has 1 aromatic rings. The second kappa shape index (κ2) is 7.43. The molecule has 1 heterocycles. The number of amides is 2. The molecule has 23 heavy (non-hydrogen) atoms. The number of nitrogens with one attached hydrogen (secondary N) is 2. The van der Waals surface area contributed by atoms with E-state index in [2.05, 4.69) is 20.7 Å². The van der Waals surface area contributed by atoms with E-state index in [0.717, 1.165) is 25.7 Å². The molecule has 1 aliphatic carbocycles. The number of nitrogens with zero attached hydrogens (tertiary/aromatic N) is 3. The van der Waals surface area contributed by atoms with E-state index in [1.165, 1.54) is 17.3 Å². The fraction of sp³-hybridized carbons (Fsp3) is 0.733. The molecule has 1 aromatic heterocycles. The minimum Gasteiger partial charge on any atom is -0.444 e. The Labute approximate surface area is 136 Å². The quantitative estimate of drug-likeness (QED) is 0.868. The topological polar surface area (TPSA) is 98.1 Å². The smallest absolute Gasteiger partial charge is 0.407 e. The first-order chi connectivity index (χ1) is 10.8. The van der Waals surface area contributed by atoms with E-state index in [0.29, 0.717) is 0 Å². The summed E-state index contributed by atoms with van der Waals surface area (Å²) < 4.78 is 6.76. The van der Waals surface area contributed by atoms with Crippen LogP contribution in [0.25, 0.3) is 0 Å². The van der Waals surface area contributed by atoms with Gasteiger partial charge in [-0.2, -0.15) is 5.10 Å². The number of ether oxygens (including phenoxy) is 1. The van der Waals surface area contributed by atoms with Crippen molar-refractivity contribution in [3.05, 3.63) is 12.7 Å². The molecule has 0 bridgehead atoms. The monoisotopic (exact) mass is 323 g/mol. The van der Waals surface area contributed by atoms with Crippen molar-refractivity contribution in [1.82, 2.24) is 25.4 Å². The van der Waals surface area contributed by atoms with Gasteiger partial charge in [-0.1, -0.05) is 12.8 Å². The standard InChI is InChI=1S/C15H25N5O3/c1-15(2,3)23-14(22)19-12-7-5-4-6-11(12)18-13(21)8-20-10-16-9-17-20/h9-12H,4-8H2,1-3H3,(H,18,21)(H,19,22)/t11-,12+/m0/s1. The number of carbonyl (C=O) groups is 2. The lowest BCUT2D eigenvalue weighted by Crippen LogP contribution is -2.54. The zero-order chi connectivity index (χ0) is 16.9. The highest BCUT2D eigenvalue weighted by molar-refractivity contribution is 5.76. The van der Waals surface area contributed by atoms with Crippen LogP contribution < -0.4 is 10.6 Å². The van der Waals surface area contributed by atoms with Gasteiger partial charge in [0, 0.05) is 6.04 Å². The second-order valence-electron chi connectivity index (χ2n) is 6.80. The van der Waals surface area contributed by atoms with Gasteiger partial charge in [-0.25, -0.2) is 14.5 Å². The summed E-state index contributed by atoms with van der Waals surface area (Å²) in [6.07, 6.45) is 6.16. The number of carbonyl (C=O) groups excluding carboxylic acids is 2. The molecular weight excluding hydrogens is 298 g/mol. The Morgan fingerprint density at radius 2 is 1.87 bits per heavy atom. The number of rotatable bonds is 4. The fourth-order valence-electron chi connectivity index (χ4n) is 2.65. The summed E-state index contributed by atoms with van der Waals surface area (Å²) in [5.41, 5.74) is -0.537. The van der Waals surface area contributed by atoms with Crippen LogP contribution in [0, 0.1) is 0 Å². The molecule has 2 rings (SSSR count). The highest BCUT2D eigenvalue weighted by atomic mass is 16.6. The van der Waals surface area contributed by atoms with E-state index < -0.39 is 11.7 Å². The molecule has 0 unspecified atom stereocenters. The summed E-state index contributed by atoms with van der Waals surface area (Å²) in [7, 11) is 0. The van der Waals surface area contributed by atoms with Crippen LogP contribution in [0.1, 0.15) is 46.5 Å². The van der Waals surface area contributed by atoms with E-state index in [4.69, 9.17) is 4.74 Å². The lowest BCUT2D eigenvalue weighted by atomic mass is 9.90. The van der Waals surface area contributed by atoms with Crippen molar-refractivity contribution in [2.45, 2.75) is 70.7 Å². The van der Waals surface area contributed by atoms with Crippen molar-refractivity contribution < 1.29 is 14.3 Å². The van der Waals surface area contributed by atoms with E-state index in [1.807, 2.05) is 20.8 Å². The Morgan fingerprint density at radius 3 is 2.43 bits per heavy atom. The van der Waals surface area contributed by atoms with E-state index in [9.17, 15) is 9.59 Å². The van der Waals surface area contributed by atoms with Gasteiger partial charge < -0.3 is 15.4 Å². The van der Waals surface area contributed by atoms with Crippen LogP contribution in [0.15, 0.2) is 12.7 Å². The zero-order valence-electron chi connectivity index (χ0n) is 13.9. The van der Waals surface area contributed by atoms with Crippen molar-refractivity contribution in [2.24, 2.45) is 0 Å². The molecule has 2 N–H and O–H groups in total. The normalized spacial score (nSPS) is 21.5. The molecule has 128 valence electrons. The minimum absolute atomic E-state index is 0.0905. The SMILES string of the molecule is CC(C)(C)OC(=O)N[C@@H]1CCCC[C@@H]1NC(=O)Cn1cncn1. The van der Waals surface area contributed by atoms with Crippen LogP contribution in [-0.2, 0) is 16.1 Å². The number of hydrogen-bond donors (Lipinski definition) is 2. The van der Waals surface area contributed by atoms with Crippen LogP contribution in [0.4, 0.5) is 4.79 Å². The van der Waals surface area contributed by atoms with Crippen molar-refractivity contribution in [3.8, 4) is 0 Å². The number of alkyl carbamates (subject to hydrolysis) is 1. The van der Waals surface area contributed by atoms with Crippen molar-refractivity contribution in [3.63, 3.8) is 0 Å². The third-order valence-electron chi connectivity index (χ3n) is 3.59. The van der Waals surface area contributed by atoms with Crippen LogP contribution in [0.3, 0.4) is 0 Å². The predicted octanol–water partition coefficient (Wildman–Crippen LogP) is 1.23. The average Bonchev–Trinajstić information content (AvgIpc) is 2.91. The van der Waals surface area contributed by atoms with Gasteiger partial charge in [0.05, 0.1) is 6.04 Å². The van der Waals surface area contributed by atoms with Gasteiger partial charge in [0.2, 0.25) is 5.91 Å². The van der Waals surface area contributed by atoms with Crippen LogP contribution in [-0.4, -0.2) is 44.4 Å². The molecule has 8 nitrogen and oxygen atoms in total.